The highest BCUT2D eigenvalue weighted by Gasteiger charge is 2.25. The molecule has 0 aliphatic carbocycles. The number of anilines is 1. The number of halogens is 2. The van der Waals surface area contributed by atoms with Crippen LogP contribution < -0.4 is 9.46 Å². The van der Waals surface area contributed by atoms with Gasteiger partial charge in [-0.1, -0.05) is 0 Å². The number of hydrogen-bond donors (Lipinski definition) is 1. The van der Waals surface area contributed by atoms with Crippen LogP contribution in [-0.2, 0) is 13.0 Å². The summed E-state index contributed by atoms with van der Waals surface area (Å²) < 4.78 is 39.1. The molecule has 3 heterocycles. The summed E-state index contributed by atoms with van der Waals surface area (Å²) in [6.45, 7) is 0.854. The molecule has 1 aromatic carbocycles. The molecule has 0 aliphatic rings. The minimum absolute atomic E-state index is 0.113. The van der Waals surface area contributed by atoms with Gasteiger partial charge in [-0.3, -0.25) is 4.68 Å². The predicted molar refractivity (Wildman–Crippen MR) is 108 cm³/mol. The third-order valence-electron chi connectivity index (χ3n) is 4.40. The summed E-state index contributed by atoms with van der Waals surface area (Å²) in [5.41, 5.74) is 1.58. The van der Waals surface area contributed by atoms with Crippen molar-refractivity contribution < 1.29 is 13.5 Å². The molecule has 0 fully saturated rings. The summed E-state index contributed by atoms with van der Waals surface area (Å²) in [6.07, 6.45) is 6.48. The number of nitrogens with one attached hydrogen (secondary N) is 1. The molecule has 0 saturated heterocycles. The highest BCUT2D eigenvalue weighted by Crippen LogP contribution is 2.36. The Morgan fingerprint density at radius 3 is 2.76 bits per heavy atom. The molecule has 4 rings (SSSR count). The lowest BCUT2D eigenvalue weighted by Crippen LogP contribution is -2.09. The molecule has 0 saturated carbocycles. The van der Waals surface area contributed by atoms with E-state index < -0.39 is 5.92 Å². The highest BCUT2D eigenvalue weighted by atomic mass is 32.2. The molecule has 0 unspecified atom stereocenters. The number of ether oxygens (including phenoxy) is 1. The molecule has 0 radical (unpaired) electrons. The van der Waals surface area contributed by atoms with E-state index in [1.165, 1.54) is 35.0 Å². The normalized spacial score (nSPS) is 11.8. The fraction of sp³-hybridized carbons (Fsp3) is 0.211. The van der Waals surface area contributed by atoms with E-state index in [0.717, 1.165) is 28.4 Å². The largest absolute Gasteiger partial charge is 0.494 e. The van der Waals surface area contributed by atoms with Crippen LogP contribution in [0.25, 0.3) is 16.7 Å². The zero-order valence-electron chi connectivity index (χ0n) is 15.9. The molecule has 7 nitrogen and oxygen atoms in total. The Labute approximate surface area is 169 Å². The van der Waals surface area contributed by atoms with Crippen LogP contribution in [0.2, 0.25) is 0 Å². The molecule has 0 aliphatic heterocycles. The second-order valence-corrected chi connectivity index (χ2v) is 7.34. The minimum Gasteiger partial charge on any atom is -0.494 e. The quantitative estimate of drug-likeness (QED) is 0.470. The van der Waals surface area contributed by atoms with E-state index in [1.807, 2.05) is 19.2 Å². The number of methoxy groups -OCH3 is 1. The first-order valence-electron chi connectivity index (χ1n) is 8.68. The van der Waals surface area contributed by atoms with E-state index in [0.29, 0.717) is 11.6 Å². The maximum Gasteiger partial charge on any atom is 0.270 e. The number of hydrogen-bond acceptors (Lipinski definition) is 6. The van der Waals surface area contributed by atoms with Crippen LogP contribution >= 0.6 is 11.9 Å². The molecule has 0 amide bonds. The van der Waals surface area contributed by atoms with Crippen molar-refractivity contribution in [1.29, 1.82) is 0 Å². The molecule has 3 aromatic heterocycles. The lowest BCUT2D eigenvalue weighted by molar-refractivity contribution is 0.0173. The molecule has 1 N–H and O–H groups in total. The SMILES string of the molecule is COc1ccc2cnn(C)c2c1NSc1cnn(-c2cc(C(C)(F)F)ccn2)c1. The maximum atomic E-state index is 13.6. The van der Waals surface area contributed by atoms with Gasteiger partial charge in [-0.05, 0) is 36.2 Å². The van der Waals surface area contributed by atoms with Crippen LogP contribution in [0.3, 0.4) is 0 Å². The Kier molecular flexibility index (Phi) is 4.87. The first-order valence-corrected chi connectivity index (χ1v) is 9.49. The summed E-state index contributed by atoms with van der Waals surface area (Å²) in [5.74, 6) is -1.94. The maximum absolute atomic E-state index is 13.6. The van der Waals surface area contributed by atoms with Crippen molar-refractivity contribution in [3.63, 3.8) is 0 Å². The average Bonchev–Trinajstić information content (AvgIpc) is 3.33. The third-order valence-corrected chi connectivity index (χ3v) is 5.15. The van der Waals surface area contributed by atoms with Gasteiger partial charge in [0.05, 0.1) is 29.9 Å². The lowest BCUT2D eigenvalue weighted by Gasteiger charge is -2.12. The van der Waals surface area contributed by atoms with Gasteiger partial charge < -0.3 is 9.46 Å². The standard InChI is InChI=1S/C19H18F2N6OS/c1-19(20,21)13-6-7-22-16(8-13)27-11-14(10-24-27)29-25-17-15(28-3)5-4-12-9-23-26(2)18(12)17/h4-11,25H,1-3H3. The third kappa shape index (κ3) is 3.75. The van der Waals surface area contributed by atoms with Gasteiger partial charge in [0.2, 0.25) is 0 Å². The van der Waals surface area contributed by atoms with Crippen LogP contribution in [0, 0.1) is 0 Å². The predicted octanol–water partition coefficient (Wildman–Crippen LogP) is 4.39. The topological polar surface area (TPSA) is 69.8 Å². The van der Waals surface area contributed by atoms with E-state index in [9.17, 15) is 8.78 Å². The van der Waals surface area contributed by atoms with Crippen molar-refractivity contribution in [3.05, 3.63) is 54.6 Å². The minimum atomic E-state index is -2.94. The van der Waals surface area contributed by atoms with Crippen molar-refractivity contribution in [3.8, 4) is 11.6 Å². The van der Waals surface area contributed by atoms with Gasteiger partial charge in [0.25, 0.3) is 5.92 Å². The molecule has 4 aromatic rings. The Hall–Kier alpha value is -3.14. The number of aromatic nitrogens is 5. The van der Waals surface area contributed by atoms with E-state index in [2.05, 4.69) is 19.9 Å². The fourth-order valence-corrected chi connectivity index (χ4v) is 3.60. The monoisotopic (exact) mass is 416 g/mol. The first kappa shape index (κ1) is 19.2. The summed E-state index contributed by atoms with van der Waals surface area (Å²) in [5, 5.41) is 9.50. The van der Waals surface area contributed by atoms with Crippen LogP contribution in [0.1, 0.15) is 12.5 Å². The Morgan fingerprint density at radius 2 is 2.00 bits per heavy atom. The molecule has 29 heavy (non-hydrogen) atoms. The molecular weight excluding hydrogens is 398 g/mol. The van der Waals surface area contributed by atoms with Gasteiger partial charge in [-0.25, -0.2) is 18.4 Å². The van der Waals surface area contributed by atoms with E-state index in [1.54, 1.807) is 30.4 Å². The summed E-state index contributed by atoms with van der Waals surface area (Å²) in [4.78, 5) is 4.91. The Morgan fingerprint density at radius 1 is 1.17 bits per heavy atom. The number of pyridine rings is 1. The van der Waals surface area contributed by atoms with Gasteiger partial charge >= 0.3 is 0 Å². The molecule has 0 atom stereocenters. The summed E-state index contributed by atoms with van der Waals surface area (Å²) in [6, 6.07) is 6.44. The van der Waals surface area contributed by atoms with E-state index >= 15 is 0 Å². The molecule has 150 valence electrons. The van der Waals surface area contributed by atoms with Crippen molar-refractivity contribution >= 4 is 28.5 Å². The van der Waals surface area contributed by atoms with Gasteiger partial charge in [-0.15, -0.1) is 0 Å². The second kappa shape index (κ2) is 7.36. The number of rotatable bonds is 6. The molecule has 10 heteroatoms. The van der Waals surface area contributed by atoms with Crippen molar-refractivity contribution in [2.45, 2.75) is 17.7 Å². The van der Waals surface area contributed by atoms with Crippen molar-refractivity contribution in [2.24, 2.45) is 7.05 Å². The van der Waals surface area contributed by atoms with Crippen LogP contribution in [0.4, 0.5) is 14.5 Å². The second-order valence-electron chi connectivity index (χ2n) is 6.46. The van der Waals surface area contributed by atoms with Gasteiger partial charge in [0.1, 0.15) is 11.4 Å². The van der Waals surface area contributed by atoms with Gasteiger partial charge in [0.15, 0.2) is 5.82 Å². The van der Waals surface area contributed by atoms with Gasteiger partial charge in [0, 0.05) is 37.3 Å². The number of alkyl halides is 2. The fourth-order valence-electron chi connectivity index (χ4n) is 2.93. The first-order chi connectivity index (χ1) is 13.9. The van der Waals surface area contributed by atoms with Gasteiger partial charge in [-0.2, -0.15) is 10.2 Å². The Bertz CT molecular complexity index is 1170. The van der Waals surface area contributed by atoms with E-state index in [-0.39, 0.29) is 5.56 Å². The Balaban J connectivity index is 1.59. The average molecular weight is 416 g/mol. The smallest absolute Gasteiger partial charge is 0.270 e. The van der Waals surface area contributed by atoms with Crippen molar-refractivity contribution in [2.75, 3.05) is 11.8 Å². The molecule has 0 bridgehead atoms. The molecular formula is C19H18F2N6OS. The van der Waals surface area contributed by atoms with E-state index in [4.69, 9.17) is 4.74 Å². The summed E-state index contributed by atoms with van der Waals surface area (Å²) >= 11 is 1.32. The molecule has 0 spiro atoms. The zero-order valence-corrected chi connectivity index (χ0v) is 16.7. The number of fused-ring (bicyclic) bond motifs is 1. The number of nitrogens with zero attached hydrogens (tertiary/aromatic N) is 5. The van der Waals surface area contributed by atoms with Crippen LogP contribution in [0.5, 0.6) is 5.75 Å². The van der Waals surface area contributed by atoms with Crippen molar-refractivity contribution in [1.82, 2.24) is 24.5 Å². The zero-order chi connectivity index (χ0) is 20.6. The number of aryl methyl sites for hydroxylation is 1. The lowest BCUT2D eigenvalue weighted by atomic mass is 10.1. The van der Waals surface area contributed by atoms with Crippen LogP contribution in [0.15, 0.2) is 53.9 Å². The number of benzene rings is 1. The summed E-state index contributed by atoms with van der Waals surface area (Å²) in [7, 11) is 3.46. The van der Waals surface area contributed by atoms with Crippen LogP contribution in [-0.4, -0.2) is 31.7 Å². The highest BCUT2D eigenvalue weighted by molar-refractivity contribution is 8.00.